The van der Waals surface area contributed by atoms with Crippen molar-refractivity contribution in [3.8, 4) is 22.3 Å². The molecule has 0 bridgehead atoms. The summed E-state index contributed by atoms with van der Waals surface area (Å²) in [6, 6.07) is 60.9. The fourth-order valence-electron chi connectivity index (χ4n) is 13.3. The summed E-state index contributed by atoms with van der Waals surface area (Å²) >= 11 is 0. The maximum atomic E-state index is 7.31. The normalized spacial score (nSPS) is 17.0. The van der Waals surface area contributed by atoms with Gasteiger partial charge in [-0.15, -0.1) is 0 Å². The molecule has 0 saturated heterocycles. The Hall–Kier alpha value is -6.78. The van der Waals surface area contributed by atoms with E-state index < -0.39 is 5.41 Å². The van der Waals surface area contributed by atoms with E-state index in [9.17, 15) is 0 Å². The Bertz CT molecular complexity index is 3470. The van der Waals surface area contributed by atoms with Gasteiger partial charge < -0.3 is 14.1 Å². The highest BCUT2D eigenvalue weighted by Crippen LogP contribution is 2.64. The zero-order valence-electron chi connectivity index (χ0n) is 37.9. The first kappa shape index (κ1) is 37.6. The maximum Gasteiger partial charge on any atom is 0.333 e. The molecular formula is C61H51BN2O. The number of hydrogen-bond donors (Lipinski definition) is 0. The smallest absolute Gasteiger partial charge is 0.333 e. The molecule has 0 amide bonds. The van der Waals surface area contributed by atoms with Crippen LogP contribution >= 0.6 is 0 Å². The van der Waals surface area contributed by atoms with Gasteiger partial charge in [-0.2, -0.15) is 0 Å². The summed E-state index contributed by atoms with van der Waals surface area (Å²) in [5.74, 6) is 0. The molecule has 5 aliphatic rings. The third-order valence-electron chi connectivity index (χ3n) is 16.5. The summed E-state index contributed by atoms with van der Waals surface area (Å²) < 4.78 is 7.31. The van der Waals surface area contributed by atoms with Gasteiger partial charge >= 0.3 is 6.85 Å². The molecule has 0 saturated carbocycles. The molecule has 4 heterocycles. The van der Waals surface area contributed by atoms with Gasteiger partial charge in [0.1, 0.15) is 11.2 Å². The zero-order valence-corrected chi connectivity index (χ0v) is 37.9. The molecule has 0 radical (unpaired) electrons. The molecule has 0 atom stereocenters. The second kappa shape index (κ2) is 12.9. The van der Waals surface area contributed by atoms with Crippen molar-refractivity contribution in [2.75, 3.05) is 9.71 Å². The quantitative estimate of drug-likeness (QED) is 0.165. The second-order valence-electron chi connectivity index (χ2n) is 20.8. The number of unbranched alkanes of at least 4 members (excludes halogenated alkanes) is 1. The minimum Gasteiger partial charge on any atom is -0.455 e. The monoisotopic (exact) mass is 838 g/mol. The van der Waals surface area contributed by atoms with Crippen LogP contribution in [0.25, 0.3) is 44.2 Å². The predicted octanol–water partition coefficient (Wildman–Crippen LogP) is 14.7. The van der Waals surface area contributed by atoms with E-state index in [-0.39, 0.29) is 17.7 Å². The number of anilines is 5. The highest BCUT2D eigenvalue weighted by molar-refractivity contribution is 6.93. The van der Waals surface area contributed by atoms with Gasteiger partial charge in [0.2, 0.25) is 0 Å². The molecule has 9 aromatic rings. The first-order valence-corrected chi connectivity index (χ1v) is 24.0. The molecule has 0 unspecified atom stereocenters. The van der Waals surface area contributed by atoms with Crippen LogP contribution in [0.5, 0.6) is 0 Å². The summed E-state index contributed by atoms with van der Waals surface area (Å²) in [6.07, 6.45) is 5.81. The molecule has 2 aliphatic carbocycles. The Balaban J connectivity index is 1.08. The number of furan rings is 1. The molecule has 0 N–H and O–H groups in total. The number of fused-ring (bicyclic) bond motifs is 18. The molecule has 3 aliphatic heterocycles. The minimum atomic E-state index is -0.484. The van der Waals surface area contributed by atoms with E-state index in [1.807, 2.05) is 0 Å². The number of benzene rings is 8. The Morgan fingerprint density at radius 3 is 1.92 bits per heavy atom. The molecule has 3 nitrogen and oxygen atoms in total. The lowest BCUT2D eigenvalue weighted by atomic mass is 9.42. The van der Waals surface area contributed by atoms with Crippen LogP contribution in [0.2, 0.25) is 0 Å². The van der Waals surface area contributed by atoms with Crippen molar-refractivity contribution >= 4 is 68.1 Å². The lowest BCUT2D eigenvalue weighted by molar-refractivity contribution is 0.332. The predicted molar refractivity (Wildman–Crippen MR) is 272 cm³/mol. The highest BCUT2D eigenvalue weighted by atomic mass is 16.3. The van der Waals surface area contributed by atoms with Gasteiger partial charge in [0.15, 0.2) is 0 Å². The van der Waals surface area contributed by atoms with Crippen molar-refractivity contribution in [3.05, 3.63) is 197 Å². The van der Waals surface area contributed by atoms with Gasteiger partial charge in [-0.25, -0.2) is 0 Å². The first-order chi connectivity index (χ1) is 31.7. The Labute approximate surface area is 382 Å². The average molecular weight is 839 g/mol. The lowest BCUT2D eigenvalue weighted by Gasteiger charge is -2.51. The summed E-state index contributed by atoms with van der Waals surface area (Å²) in [7, 11) is 0. The van der Waals surface area contributed by atoms with Gasteiger partial charge in [-0.3, -0.25) is 0 Å². The second-order valence-corrected chi connectivity index (χ2v) is 20.8. The average Bonchev–Trinajstić information content (AvgIpc) is 3.85. The number of para-hydroxylation sites is 2. The number of aryl methyl sites for hydroxylation is 1. The SMILES string of the molecule is CCCCc1ccc(N2B3c4cccc5c4N(c4ccccc4C54c5ccccc5-c5ccccc54)c4cccc(c43)-c3c2ccc2c3oc3cc4c(cc32)C(C)(C)CCC4(C)C)cc1. The number of hydrogen-bond acceptors (Lipinski definition) is 3. The van der Waals surface area contributed by atoms with E-state index in [1.165, 1.54) is 137 Å². The molecule has 0 fully saturated rings. The van der Waals surface area contributed by atoms with Crippen LogP contribution in [0.4, 0.5) is 28.4 Å². The molecule has 1 spiro atoms. The van der Waals surface area contributed by atoms with E-state index in [1.54, 1.807) is 0 Å². The van der Waals surface area contributed by atoms with E-state index in [0.29, 0.717) is 0 Å². The largest absolute Gasteiger partial charge is 0.455 e. The van der Waals surface area contributed by atoms with Crippen molar-refractivity contribution in [3.63, 3.8) is 0 Å². The number of nitrogens with zero attached hydrogens (tertiary/aromatic N) is 2. The zero-order chi connectivity index (χ0) is 43.6. The van der Waals surface area contributed by atoms with Crippen LogP contribution in [0.15, 0.2) is 162 Å². The molecule has 65 heavy (non-hydrogen) atoms. The van der Waals surface area contributed by atoms with Crippen LogP contribution in [-0.4, -0.2) is 6.85 Å². The number of rotatable bonds is 4. The van der Waals surface area contributed by atoms with Crippen molar-refractivity contribution < 1.29 is 4.42 Å². The summed E-state index contributed by atoms with van der Waals surface area (Å²) in [5, 5.41) is 2.41. The van der Waals surface area contributed by atoms with E-state index in [0.717, 1.165) is 17.6 Å². The van der Waals surface area contributed by atoms with Crippen LogP contribution in [0, 0.1) is 0 Å². The molecular weight excluding hydrogens is 787 g/mol. The summed E-state index contributed by atoms with van der Waals surface area (Å²) in [6.45, 7) is 11.9. The molecule has 4 heteroatoms. The van der Waals surface area contributed by atoms with Crippen LogP contribution < -0.4 is 20.6 Å². The lowest BCUT2D eigenvalue weighted by Crippen LogP contribution is -2.62. The fourth-order valence-corrected chi connectivity index (χ4v) is 13.3. The molecule has 314 valence electrons. The first-order valence-electron chi connectivity index (χ1n) is 24.0. The van der Waals surface area contributed by atoms with Crippen molar-refractivity contribution in [2.45, 2.75) is 83.0 Å². The highest BCUT2D eigenvalue weighted by Gasteiger charge is 2.55. The molecule has 8 aromatic carbocycles. The van der Waals surface area contributed by atoms with E-state index >= 15 is 0 Å². The standard InChI is InChI=1S/C61H51BN2O/c1-6-7-16-37-27-29-38(30-28-37)64-52-32-31-41-43-35-48-49(60(4,5)34-33-59(48,2)3)36-54(43)65-58(41)55(52)42-19-14-26-53-56(42)62(64)50-24-15-23-47-57(50)63(53)51-25-13-12-22-46(51)61(47)44-20-10-8-17-39(44)40-18-9-11-21-45(40)61/h8-15,17-32,35-36H,6-7,16,33-34H2,1-5H3. The summed E-state index contributed by atoms with van der Waals surface area (Å²) in [5.41, 5.74) is 25.2. The topological polar surface area (TPSA) is 19.6 Å². The Morgan fingerprint density at radius 2 is 1.18 bits per heavy atom. The van der Waals surface area contributed by atoms with Crippen molar-refractivity contribution in [1.29, 1.82) is 0 Å². The van der Waals surface area contributed by atoms with Gasteiger partial charge in [0.05, 0.1) is 11.1 Å². The van der Waals surface area contributed by atoms with Crippen molar-refractivity contribution in [1.82, 2.24) is 0 Å². The van der Waals surface area contributed by atoms with Gasteiger partial charge in [-0.1, -0.05) is 150 Å². The minimum absolute atomic E-state index is 0.0848. The van der Waals surface area contributed by atoms with E-state index in [4.69, 9.17) is 4.42 Å². The Kier molecular flexibility index (Phi) is 7.48. The fraction of sp³-hybridized carbons (Fsp3) is 0.213. The molecule has 14 rings (SSSR count). The van der Waals surface area contributed by atoms with Crippen molar-refractivity contribution in [2.24, 2.45) is 0 Å². The van der Waals surface area contributed by atoms with Crippen LogP contribution in [0.1, 0.15) is 99.2 Å². The third-order valence-corrected chi connectivity index (χ3v) is 16.5. The van der Waals surface area contributed by atoms with E-state index in [2.05, 4.69) is 202 Å². The van der Waals surface area contributed by atoms with Gasteiger partial charge in [0.25, 0.3) is 0 Å². The molecule has 1 aromatic heterocycles. The van der Waals surface area contributed by atoms with Crippen LogP contribution in [-0.2, 0) is 22.7 Å². The Morgan fingerprint density at radius 1 is 0.554 bits per heavy atom. The maximum absolute atomic E-state index is 7.31. The van der Waals surface area contributed by atoms with Gasteiger partial charge in [-0.05, 0) is 152 Å². The van der Waals surface area contributed by atoms with Gasteiger partial charge in [0, 0.05) is 39.1 Å². The summed E-state index contributed by atoms with van der Waals surface area (Å²) in [4.78, 5) is 5.28. The van der Waals surface area contributed by atoms with Crippen LogP contribution in [0.3, 0.4) is 0 Å². The third kappa shape index (κ3) is 4.72.